The lowest BCUT2D eigenvalue weighted by Crippen LogP contribution is -2.60. The van der Waals surface area contributed by atoms with Crippen molar-refractivity contribution in [1.29, 1.82) is 0 Å². The minimum Gasteiger partial charge on any atom is -0.457 e. The number of hydrogen-bond acceptors (Lipinski definition) is 5. The van der Waals surface area contributed by atoms with Crippen molar-refractivity contribution >= 4 is 23.5 Å². The Kier molecular flexibility index (Phi) is 4.33. The predicted octanol–water partition coefficient (Wildman–Crippen LogP) is 1.08. The number of benzene rings is 1. The van der Waals surface area contributed by atoms with Gasteiger partial charge in [0.05, 0.1) is 12.6 Å². The van der Waals surface area contributed by atoms with Crippen molar-refractivity contribution in [3.8, 4) is 0 Å². The second-order valence-corrected chi connectivity index (χ2v) is 5.76. The van der Waals surface area contributed by atoms with Gasteiger partial charge in [-0.3, -0.25) is 9.59 Å². The highest BCUT2D eigenvalue weighted by Crippen LogP contribution is 2.33. The summed E-state index contributed by atoms with van der Waals surface area (Å²) < 4.78 is 16.3. The fourth-order valence-electron chi connectivity index (χ4n) is 2.69. The molecule has 2 heterocycles. The first-order chi connectivity index (χ1) is 10.6. The van der Waals surface area contributed by atoms with Crippen LogP contribution in [0, 0.1) is 0 Å². The Morgan fingerprint density at radius 2 is 2.05 bits per heavy atom. The summed E-state index contributed by atoms with van der Waals surface area (Å²) in [5.41, 5.74) is 0.507. The van der Waals surface area contributed by atoms with E-state index in [9.17, 15) is 9.59 Å². The lowest BCUT2D eigenvalue weighted by atomic mass is 9.99. The fraction of sp³-hybridized carbons (Fsp3) is 0.467. The molecule has 0 saturated carbocycles. The van der Waals surface area contributed by atoms with Crippen LogP contribution in [0.2, 0.25) is 0 Å². The van der Waals surface area contributed by atoms with Crippen molar-refractivity contribution in [3.05, 3.63) is 35.9 Å². The second-order valence-electron chi connectivity index (χ2n) is 5.26. The third-order valence-corrected chi connectivity index (χ3v) is 4.17. The minimum absolute atomic E-state index is 0.281. The molecule has 1 aromatic rings. The summed E-state index contributed by atoms with van der Waals surface area (Å²) in [5.74, 6) is -0.739. The first kappa shape index (κ1) is 15.3. The van der Waals surface area contributed by atoms with Gasteiger partial charge in [0.1, 0.15) is 11.5 Å². The van der Waals surface area contributed by atoms with E-state index in [4.69, 9.17) is 25.8 Å². The van der Waals surface area contributed by atoms with E-state index in [0.29, 0.717) is 5.56 Å². The maximum atomic E-state index is 12.3. The summed E-state index contributed by atoms with van der Waals surface area (Å²) in [6, 6.07) is 8.18. The lowest BCUT2D eigenvalue weighted by Gasteiger charge is -2.38. The number of carbonyl (C=O) groups excluding carboxylic acids is 2. The topological polar surface area (TPSA) is 73.9 Å². The van der Waals surface area contributed by atoms with Gasteiger partial charge in [0.15, 0.2) is 12.4 Å². The first-order valence-corrected chi connectivity index (χ1v) is 7.44. The Hall–Kier alpha value is -1.63. The number of alkyl halides is 1. The Balaban J connectivity index is 1.79. The number of halogens is 1. The van der Waals surface area contributed by atoms with Gasteiger partial charge >= 0.3 is 5.97 Å². The number of rotatable bonds is 3. The Morgan fingerprint density at radius 1 is 1.32 bits per heavy atom. The fourth-order valence-corrected chi connectivity index (χ4v) is 3.03. The zero-order valence-electron chi connectivity index (χ0n) is 11.9. The van der Waals surface area contributed by atoms with E-state index in [1.165, 1.54) is 6.92 Å². The van der Waals surface area contributed by atoms with E-state index in [1.807, 2.05) is 6.07 Å². The van der Waals surface area contributed by atoms with E-state index in [0.717, 1.165) is 0 Å². The molecule has 1 N–H and O–H groups in total. The highest BCUT2D eigenvalue weighted by atomic mass is 35.5. The Morgan fingerprint density at radius 3 is 2.73 bits per heavy atom. The highest BCUT2D eigenvalue weighted by Gasteiger charge is 2.52. The monoisotopic (exact) mass is 325 g/mol. The molecule has 2 saturated heterocycles. The Bertz CT molecular complexity index is 566. The van der Waals surface area contributed by atoms with E-state index < -0.39 is 35.9 Å². The van der Waals surface area contributed by atoms with Gasteiger partial charge in [-0.2, -0.15) is 0 Å². The van der Waals surface area contributed by atoms with Crippen LogP contribution in [0.5, 0.6) is 0 Å². The zero-order chi connectivity index (χ0) is 15.7. The maximum absolute atomic E-state index is 12.3. The van der Waals surface area contributed by atoms with Crippen LogP contribution < -0.4 is 5.32 Å². The third-order valence-electron chi connectivity index (χ3n) is 3.69. The number of carbonyl (C=O) groups is 2. The zero-order valence-corrected chi connectivity index (χ0v) is 12.7. The van der Waals surface area contributed by atoms with Crippen LogP contribution in [0.3, 0.4) is 0 Å². The van der Waals surface area contributed by atoms with Crippen molar-refractivity contribution in [2.45, 2.75) is 36.8 Å². The van der Waals surface area contributed by atoms with E-state index in [2.05, 4.69) is 5.32 Å². The molecule has 1 aromatic carbocycles. The van der Waals surface area contributed by atoms with Crippen molar-refractivity contribution in [2.75, 3.05) is 6.61 Å². The number of hydrogen-bond donors (Lipinski definition) is 1. The van der Waals surface area contributed by atoms with Crippen molar-refractivity contribution < 1.29 is 23.8 Å². The van der Waals surface area contributed by atoms with Crippen LogP contribution in [0.4, 0.5) is 0 Å². The largest absolute Gasteiger partial charge is 0.457 e. The molecule has 2 fully saturated rings. The molecule has 0 radical (unpaired) electrons. The van der Waals surface area contributed by atoms with E-state index in [1.54, 1.807) is 24.3 Å². The van der Waals surface area contributed by atoms with Gasteiger partial charge in [-0.1, -0.05) is 18.2 Å². The summed E-state index contributed by atoms with van der Waals surface area (Å²) in [4.78, 5) is 23.7. The summed E-state index contributed by atoms with van der Waals surface area (Å²) in [5, 5.41) is 2.19. The predicted molar refractivity (Wildman–Crippen MR) is 77.5 cm³/mol. The summed E-state index contributed by atoms with van der Waals surface area (Å²) in [7, 11) is 0. The van der Waals surface area contributed by atoms with Crippen LogP contribution in [-0.2, 0) is 19.0 Å². The minimum atomic E-state index is -0.675. The number of esters is 1. The normalized spacial score (nSPS) is 33.3. The summed E-state index contributed by atoms with van der Waals surface area (Å²) >= 11 is 6.33. The molecule has 7 heteroatoms. The molecule has 1 amide bonds. The van der Waals surface area contributed by atoms with Gasteiger partial charge in [0.25, 0.3) is 5.91 Å². The highest BCUT2D eigenvalue weighted by molar-refractivity contribution is 6.21. The molecule has 3 rings (SSSR count). The molecule has 2 aliphatic rings. The molecule has 0 aromatic heterocycles. The quantitative estimate of drug-likeness (QED) is 0.665. The molecule has 22 heavy (non-hydrogen) atoms. The van der Waals surface area contributed by atoms with Crippen LogP contribution in [-0.4, -0.2) is 48.4 Å². The van der Waals surface area contributed by atoms with Gasteiger partial charge < -0.3 is 19.5 Å². The molecule has 5 atom stereocenters. The number of nitrogens with one attached hydrogen (secondary N) is 1. The van der Waals surface area contributed by atoms with Gasteiger partial charge in [0.2, 0.25) is 0 Å². The molecule has 118 valence electrons. The maximum Gasteiger partial charge on any atom is 0.303 e. The summed E-state index contributed by atoms with van der Waals surface area (Å²) in [6.07, 6.45) is -1.71. The lowest BCUT2D eigenvalue weighted by molar-refractivity contribution is -0.169. The van der Waals surface area contributed by atoms with Crippen LogP contribution in [0.1, 0.15) is 17.3 Å². The van der Waals surface area contributed by atoms with Crippen LogP contribution in [0.25, 0.3) is 0 Å². The molecule has 6 nitrogen and oxygen atoms in total. The number of ether oxygens (including phenoxy) is 3. The average molecular weight is 326 g/mol. The van der Waals surface area contributed by atoms with Gasteiger partial charge in [-0.05, 0) is 12.1 Å². The van der Waals surface area contributed by atoms with Crippen molar-refractivity contribution in [2.24, 2.45) is 0 Å². The molecule has 2 bridgehead atoms. The van der Waals surface area contributed by atoms with Gasteiger partial charge in [-0.25, -0.2) is 0 Å². The standard InChI is InChI=1S/C15H16ClNO5/c1-8(18)21-13-10-7-20-15(22-10)11(16)12(13)17-14(19)9-5-3-2-4-6-9/h2-6,10-13,15H,7H2,1H3,(H,17,19)/t10-,11+,12+,13-,15-/m1/s1. The van der Waals surface area contributed by atoms with E-state index >= 15 is 0 Å². The smallest absolute Gasteiger partial charge is 0.303 e. The molecule has 2 aliphatic heterocycles. The summed E-state index contributed by atoms with van der Waals surface area (Å²) in [6.45, 7) is 1.59. The van der Waals surface area contributed by atoms with Crippen LogP contribution >= 0.6 is 11.6 Å². The molecular formula is C15H16ClNO5. The Labute approximate surface area is 132 Å². The van der Waals surface area contributed by atoms with Crippen molar-refractivity contribution in [3.63, 3.8) is 0 Å². The average Bonchev–Trinajstić information content (AvgIpc) is 2.95. The second kappa shape index (κ2) is 6.24. The SMILES string of the molecule is CC(=O)O[C@H]1[C@@H](NC(=O)c2ccccc2)[C@H](Cl)[C@@H]2OC[C@H]1O2. The van der Waals surface area contributed by atoms with Gasteiger partial charge in [-0.15, -0.1) is 11.6 Å². The number of fused-ring (bicyclic) bond motifs is 2. The molecule has 0 spiro atoms. The molecule has 0 aliphatic carbocycles. The van der Waals surface area contributed by atoms with Gasteiger partial charge in [0, 0.05) is 12.5 Å². The molecular weight excluding hydrogens is 310 g/mol. The third kappa shape index (κ3) is 2.95. The van der Waals surface area contributed by atoms with Crippen molar-refractivity contribution in [1.82, 2.24) is 5.32 Å². The number of amides is 1. The van der Waals surface area contributed by atoms with Crippen LogP contribution in [0.15, 0.2) is 30.3 Å². The molecule has 0 unspecified atom stereocenters. The first-order valence-electron chi connectivity index (χ1n) is 7.00. The van der Waals surface area contributed by atoms with E-state index in [-0.39, 0.29) is 12.5 Å².